The SMILES string of the molecule is C[Si](C)(C)CCCNc1ncnc2c1nc(N)n2C1OC(CO)C(O)C1O. The molecule has 10 nitrogen and oxygen atoms in total. The van der Waals surface area contributed by atoms with E-state index in [0.717, 1.165) is 13.0 Å². The molecule has 4 unspecified atom stereocenters. The summed E-state index contributed by atoms with van der Waals surface area (Å²) in [6.07, 6.45) is -1.95. The van der Waals surface area contributed by atoms with E-state index < -0.39 is 39.2 Å². The molecule has 1 saturated heterocycles. The van der Waals surface area contributed by atoms with Crippen LogP contribution in [0.2, 0.25) is 25.7 Å². The lowest BCUT2D eigenvalue weighted by Gasteiger charge is -2.18. The van der Waals surface area contributed by atoms with Gasteiger partial charge in [0.1, 0.15) is 24.6 Å². The third-order valence-corrected chi connectivity index (χ3v) is 6.53. The molecule has 6 N–H and O–H groups in total. The number of hydrogen-bond acceptors (Lipinski definition) is 9. The molecule has 0 bridgehead atoms. The van der Waals surface area contributed by atoms with Gasteiger partial charge in [-0.25, -0.2) is 15.0 Å². The highest BCUT2D eigenvalue weighted by Gasteiger charge is 2.44. The van der Waals surface area contributed by atoms with Gasteiger partial charge < -0.3 is 31.1 Å². The minimum absolute atomic E-state index is 0.0884. The third kappa shape index (κ3) is 4.06. The summed E-state index contributed by atoms with van der Waals surface area (Å²) in [5, 5.41) is 32.9. The Kier molecular flexibility index (Phi) is 5.67. The van der Waals surface area contributed by atoms with Crippen molar-refractivity contribution in [1.29, 1.82) is 0 Å². The molecule has 0 amide bonds. The second kappa shape index (κ2) is 7.68. The largest absolute Gasteiger partial charge is 0.394 e. The summed E-state index contributed by atoms with van der Waals surface area (Å²) in [5.41, 5.74) is 6.90. The monoisotopic (exact) mass is 396 g/mol. The van der Waals surface area contributed by atoms with Crippen LogP contribution in [0.5, 0.6) is 0 Å². The maximum absolute atomic E-state index is 10.3. The summed E-state index contributed by atoms with van der Waals surface area (Å²) in [5.74, 6) is 0.651. The Balaban J connectivity index is 1.84. The maximum Gasteiger partial charge on any atom is 0.204 e. The number of ether oxygens (including phenoxy) is 1. The Morgan fingerprint density at radius 2 is 2.00 bits per heavy atom. The molecule has 0 saturated carbocycles. The van der Waals surface area contributed by atoms with Crippen LogP contribution in [0, 0.1) is 0 Å². The number of fused-ring (bicyclic) bond motifs is 1. The van der Waals surface area contributed by atoms with Crippen molar-refractivity contribution in [2.24, 2.45) is 0 Å². The van der Waals surface area contributed by atoms with Crippen molar-refractivity contribution in [2.75, 3.05) is 24.2 Å². The highest BCUT2D eigenvalue weighted by atomic mass is 28.3. The summed E-state index contributed by atoms with van der Waals surface area (Å²) < 4.78 is 6.99. The Labute approximate surface area is 158 Å². The third-order valence-electron chi connectivity index (χ3n) is 4.67. The van der Waals surface area contributed by atoms with E-state index in [0.29, 0.717) is 17.0 Å². The van der Waals surface area contributed by atoms with Crippen molar-refractivity contribution in [1.82, 2.24) is 19.5 Å². The number of imidazole rings is 1. The average Bonchev–Trinajstić information content (AvgIpc) is 3.08. The first-order valence-electron chi connectivity index (χ1n) is 9.07. The van der Waals surface area contributed by atoms with Crippen molar-refractivity contribution < 1.29 is 20.1 Å². The number of hydrogen-bond donors (Lipinski definition) is 5. The smallest absolute Gasteiger partial charge is 0.204 e. The fourth-order valence-electron chi connectivity index (χ4n) is 3.22. The van der Waals surface area contributed by atoms with Crippen LogP contribution in [0.1, 0.15) is 12.6 Å². The van der Waals surface area contributed by atoms with E-state index in [4.69, 9.17) is 10.5 Å². The summed E-state index contributed by atoms with van der Waals surface area (Å²) in [6.45, 7) is 7.34. The first-order chi connectivity index (χ1) is 12.7. The van der Waals surface area contributed by atoms with Crippen molar-refractivity contribution >= 4 is 31.0 Å². The van der Waals surface area contributed by atoms with Crippen molar-refractivity contribution in [3.8, 4) is 0 Å². The van der Waals surface area contributed by atoms with E-state index in [1.807, 2.05) is 0 Å². The topological polar surface area (TPSA) is 152 Å². The Morgan fingerprint density at radius 1 is 1.26 bits per heavy atom. The zero-order chi connectivity index (χ0) is 19.8. The number of nitrogens with zero attached hydrogens (tertiary/aromatic N) is 4. The zero-order valence-corrected chi connectivity index (χ0v) is 16.8. The number of nitrogens with two attached hydrogens (primary N) is 1. The fraction of sp³-hybridized carbons (Fsp3) is 0.688. The molecule has 27 heavy (non-hydrogen) atoms. The zero-order valence-electron chi connectivity index (χ0n) is 15.8. The molecular formula is C16H28N6O4Si. The first-order valence-corrected chi connectivity index (χ1v) is 12.8. The van der Waals surface area contributed by atoms with Crippen LogP contribution in [0.4, 0.5) is 11.8 Å². The van der Waals surface area contributed by atoms with Gasteiger partial charge >= 0.3 is 0 Å². The van der Waals surface area contributed by atoms with Gasteiger partial charge in [0.25, 0.3) is 0 Å². The molecule has 4 atom stereocenters. The van der Waals surface area contributed by atoms with Crippen LogP contribution < -0.4 is 11.1 Å². The van der Waals surface area contributed by atoms with Gasteiger partial charge in [-0.15, -0.1) is 0 Å². The quantitative estimate of drug-likeness (QED) is 0.325. The fourth-order valence-corrected chi connectivity index (χ4v) is 4.46. The molecule has 2 aromatic rings. The number of aliphatic hydroxyl groups is 3. The number of aromatic nitrogens is 4. The molecule has 11 heteroatoms. The lowest BCUT2D eigenvalue weighted by Crippen LogP contribution is -2.33. The van der Waals surface area contributed by atoms with Crippen molar-refractivity contribution in [3.63, 3.8) is 0 Å². The van der Waals surface area contributed by atoms with Gasteiger partial charge in [-0.1, -0.05) is 25.7 Å². The predicted molar refractivity (Wildman–Crippen MR) is 104 cm³/mol. The van der Waals surface area contributed by atoms with Crippen molar-refractivity contribution in [3.05, 3.63) is 6.33 Å². The summed E-state index contributed by atoms with van der Waals surface area (Å²) in [4.78, 5) is 12.8. The molecule has 0 radical (unpaired) electrons. The molecule has 1 fully saturated rings. The van der Waals surface area contributed by atoms with Gasteiger partial charge in [-0.3, -0.25) is 4.57 Å². The predicted octanol–water partition coefficient (Wildman–Crippen LogP) is 0.160. The first kappa shape index (κ1) is 20.0. The molecule has 0 aliphatic carbocycles. The maximum atomic E-state index is 10.3. The lowest BCUT2D eigenvalue weighted by molar-refractivity contribution is -0.0500. The number of aliphatic hydroxyl groups excluding tert-OH is 3. The number of anilines is 2. The summed E-state index contributed by atoms with van der Waals surface area (Å²) >= 11 is 0. The van der Waals surface area contributed by atoms with Crippen LogP contribution in [0.3, 0.4) is 0 Å². The molecule has 0 aromatic carbocycles. The highest BCUT2D eigenvalue weighted by Crippen LogP contribution is 2.34. The number of nitrogen functional groups attached to an aromatic ring is 1. The van der Waals surface area contributed by atoms with Gasteiger partial charge in [-0.05, 0) is 6.42 Å². The van der Waals surface area contributed by atoms with Crippen LogP contribution in [0.25, 0.3) is 11.2 Å². The van der Waals surface area contributed by atoms with Crippen LogP contribution >= 0.6 is 0 Å². The van der Waals surface area contributed by atoms with E-state index in [-0.39, 0.29) is 5.95 Å². The van der Waals surface area contributed by atoms with Gasteiger partial charge in [0.15, 0.2) is 23.2 Å². The minimum Gasteiger partial charge on any atom is -0.394 e. The standard InChI is InChI=1S/C16H28N6O4Si/c1-27(2,3)6-4-5-18-13-10-14(20-8-19-13)22(16(17)21-10)15-12(25)11(24)9(7-23)26-15/h8-9,11-12,15,23-25H,4-7H2,1-3H3,(H2,17,21)(H,18,19,20). The van der Waals surface area contributed by atoms with Crippen molar-refractivity contribution in [2.45, 2.75) is 56.6 Å². The highest BCUT2D eigenvalue weighted by molar-refractivity contribution is 6.76. The normalized spacial score (nSPS) is 26.0. The Bertz CT molecular complexity index is 795. The molecule has 3 heterocycles. The Hall–Kier alpha value is -1.79. The average molecular weight is 397 g/mol. The van der Waals surface area contributed by atoms with E-state index in [2.05, 4.69) is 39.9 Å². The van der Waals surface area contributed by atoms with Gasteiger partial charge in [0, 0.05) is 14.6 Å². The van der Waals surface area contributed by atoms with Crippen LogP contribution in [0.15, 0.2) is 6.33 Å². The molecule has 1 aliphatic rings. The molecular weight excluding hydrogens is 368 g/mol. The second-order valence-electron chi connectivity index (χ2n) is 8.05. The summed E-state index contributed by atoms with van der Waals surface area (Å²) in [7, 11) is -1.10. The minimum atomic E-state index is -1.26. The van der Waals surface area contributed by atoms with Gasteiger partial charge in [0.05, 0.1) is 6.61 Å². The molecule has 0 spiro atoms. The van der Waals surface area contributed by atoms with Gasteiger partial charge in [-0.2, -0.15) is 0 Å². The molecule has 1 aliphatic heterocycles. The number of rotatable bonds is 7. The molecule has 3 rings (SSSR count). The Morgan fingerprint density at radius 3 is 2.63 bits per heavy atom. The van der Waals surface area contributed by atoms with E-state index in [1.54, 1.807) is 0 Å². The van der Waals surface area contributed by atoms with E-state index >= 15 is 0 Å². The lowest BCUT2D eigenvalue weighted by atomic mass is 10.1. The van der Waals surface area contributed by atoms with E-state index in [9.17, 15) is 15.3 Å². The molecule has 150 valence electrons. The van der Waals surface area contributed by atoms with E-state index in [1.165, 1.54) is 16.9 Å². The summed E-state index contributed by atoms with van der Waals surface area (Å²) in [6, 6.07) is 1.20. The molecule has 2 aromatic heterocycles. The van der Waals surface area contributed by atoms with Crippen LogP contribution in [-0.2, 0) is 4.74 Å². The van der Waals surface area contributed by atoms with Crippen LogP contribution in [-0.4, -0.2) is 74.4 Å². The second-order valence-corrected chi connectivity index (χ2v) is 13.7. The van der Waals surface area contributed by atoms with Gasteiger partial charge in [0.2, 0.25) is 5.95 Å². The number of nitrogens with one attached hydrogen (secondary N) is 1.